The fraction of sp³-hybridized carbons (Fsp3) is 0.107. The van der Waals surface area contributed by atoms with Crippen molar-refractivity contribution in [2.45, 2.75) is 13.0 Å². The van der Waals surface area contributed by atoms with Crippen molar-refractivity contribution >= 4 is 22.8 Å². The van der Waals surface area contributed by atoms with Crippen molar-refractivity contribution in [1.29, 1.82) is 0 Å². The first-order valence-electron chi connectivity index (χ1n) is 10.5. The highest BCUT2D eigenvalue weighted by atomic mass is 16.5. The number of hydrogen-bond donors (Lipinski definition) is 1. The molecular formula is C28H24O4. The van der Waals surface area contributed by atoms with Crippen molar-refractivity contribution in [3.63, 3.8) is 0 Å². The molecule has 4 aromatic carbocycles. The van der Waals surface area contributed by atoms with Crippen LogP contribution in [0.1, 0.15) is 16.7 Å². The number of rotatable bonds is 9. The normalized spacial score (nSPS) is 11.0. The van der Waals surface area contributed by atoms with E-state index < -0.39 is 5.97 Å². The minimum absolute atomic E-state index is 0.446. The molecule has 0 aliphatic carbocycles. The van der Waals surface area contributed by atoms with E-state index >= 15 is 0 Å². The highest BCUT2D eigenvalue weighted by Gasteiger charge is 2.06. The number of benzene rings is 4. The molecule has 0 atom stereocenters. The Morgan fingerprint density at radius 3 is 2.38 bits per heavy atom. The molecule has 0 saturated heterocycles. The van der Waals surface area contributed by atoms with Gasteiger partial charge in [-0.25, -0.2) is 4.79 Å². The number of aliphatic carboxylic acids is 1. The molecule has 1 N–H and O–H groups in total. The van der Waals surface area contributed by atoms with E-state index in [-0.39, 0.29) is 0 Å². The fourth-order valence-electron chi connectivity index (χ4n) is 3.44. The quantitative estimate of drug-likeness (QED) is 0.328. The summed E-state index contributed by atoms with van der Waals surface area (Å²) in [5, 5.41) is 11.4. The van der Waals surface area contributed by atoms with Crippen LogP contribution < -0.4 is 9.47 Å². The maximum Gasteiger partial charge on any atom is 0.328 e. The molecule has 4 nitrogen and oxygen atoms in total. The molecule has 0 unspecified atom stereocenters. The summed E-state index contributed by atoms with van der Waals surface area (Å²) in [5.74, 6) is 0.257. The first-order chi connectivity index (χ1) is 15.7. The van der Waals surface area contributed by atoms with E-state index in [1.165, 1.54) is 22.4 Å². The second kappa shape index (κ2) is 10.3. The zero-order valence-electron chi connectivity index (χ0n) is 17.6. The molecule has 32 heavy (non-hydrogen) atoms. The van der Waals surface area contributed by atoms with Gasteiger partial charge >= 0.3 is 5.97 Å². The van der Waals surface area contributed by atoms with Crippen LogP contribution in [0.5, 0.6) is 11.5 Å². The molecular weight excluding hydrogens is 400 g/mol. The zero-order valence-corrected chi connectivity index (χ0v) is 17.6. The number of carboxylic acid groups (broad SMARTS) is 1. The van der Waals surface area contributed by atoms with Gasteiger partial charge < -0.3 is 14.6 Å². The van der Waals surface area contributed by atoms with Gasteiger partial charge in [-0.3, -0.25) is 0 Å². The van der Waals surface area contributed by atoms with E-state index in [0.717, 1.165) is 18.1 Å². The Bertz CT molecular complexity index is 1230. The Hall–Kier alpha value is -4.05. The van der Waals surface area contributed by atoms with Gasteiger partial charge in [0.05, 0.1) is 6.61 Å². The minimum atomic E-state index is -1.00. The van der Waals surface area contributed by atoms with Crippen LogP contribution in [0.15, 0.2) is 97.1 Å². The van der Waals surface area contributed by atoms with Gasteiger partial charge in [0, 0.05) is 24.1 Å². The Balaban J connectivity index is 1.46. The van der Waals surface area contributed by atoms with E-state index in [1.54, 1.807) is 0 Å². The van der Waals surface area contributed by atoms with Crippen molar-refractivity contribution in [1.82, 2.24) is 0 Å². The van der Waals surface area contributed by atoms with E-state index in [2.05, 4.69) is 30.3 Å². The number of fused-ring (bicyclic) bond motifs is 1. The van der Waals surface area contributed by atoms with Crippen LogP contribution in [0.3, 0.4) is 0 Å². The molecule has 0 radical (unpaired) electrons. The lowest BCUT2D eigenvalue weighted by atomic mass is 10.1. The van der Waals surface area contributed by atoms with Gasteiger partial charge in [0.2, 0.25) is 0 Å². The lowest BCUT2D eigenvalue weighted by molar-refractivity contribution is -0.131. The van der Waals surface area contributed by atoms with Gasteiger partial charge in [0.25, 0.3) is 0 Å². The fourth-order valence-corrected chi connectivity index (χ4v) is 3.44. The topological polar surface area (TPSA) is 55.8 Å². The van der Waals surface area contributed by atoms with Crippen LogP contribution in [-0.2, 0) is 17.8 Å². The van der Waals surface area contributed by atoms with Crippen LogP contribution in [0, 0.1) is 0 Å². The molecule has 160 valence electrons. The number of hydrogen-bond acceptors (Lipinski definition) is 3. The monoisotopic (exact) mass is 424 g/mol. The van der Waals surface area contributed by atoms with Gasteiger partial charge in [-0.1, -0.05) is 72.8 Å². The van der Waals surface area contributed by atoms with Gasteiger partial charge in [0.1, 0.15) is 18.1 Å². The molecule has 0 spiro atoms. The first-order valence-corrected chi connectivity index (χ1v) is 10.5. The van der Waals surface area contributed by atoms with E-state index in [9.17, 15) is 4.79 Å². The second-order valence-electron chi connectivity index (χ2n) is 7.43. The summed E-state index contributed by atoms with van der Waals surface area (Å²) in [6.07, 6.45) is 3.38. The lowest BCUT2D eigenvalue weighted by Crippen LogP contribution is -2.03. The summed E-state index contributed by atoms with van der Waals surface area (Å²) in [4.78, 5) is 11.0. The van der Waals surface area contributed by atoms with Gasteiger partial charge in [-0.15, -0.1) is 0 Å². The van der Waals surface area contributed by atoms with Gasteiger partial charge in [-0.05, 0) is 40.1 Å². The van der Waals surface area contributed by atoms with E-state index in [0.29, 0.717) is 30.3 Å². The maximum absolute atomic E-state index is 11.0. The van der Waals surface area contributed by atoms with Crippen molar-refractivity contribution in [3.8, 4) is 11.5 Å². The average Bonchev–Trinajstić information content (AvgIpc) is 2.82. The average molecular weight is 424 g/mol. The van der Waals surface area contributed by atoms with Crippen LogP contribution in [-0.4, -0.2) is 17.7 Å². The Labute approximate surface area is 187 Å². The Morgan fingerprint density at radius 2 is 1.56 bits per heavy atom. The molecule has 0 saturated carbocycles. The number of carbonyl (C=O) groups is 1. The third-order valence-electron chi connectivity index (χ3n) is 5.10. The Morgan fingerprint density at radius 1 is 0.781 bits per heavy atom. The van der Waals surface area contributed by atoms with Crippen LogP contribution in [0.2, 0.25) is 0 Å². The first kappa shape index (κ1) is 21.2. The third kappa shape index (κ3) is 5.76. The summed E-state index contributed by atoms with van der Waals surface area (Å²) >= 11 is 0. The molecule has 0 amide bonds. The van der Waals surface area contributed by atoms with Gasteiger partial charge in [0.15, 0.2) is 0 Å². The molecule has 0 aliphatic rings. The summed E-state index contributed by atoms with van der Waals surface area (Å²) in [5.41, 5.74) is 2.95. The molecule has 0 fully saturated rings. The van der Waals surface area contributed by atoms with Crippen molar-refractivity contribution < 1.29 is 19.4 Å². The Kier molecular flexibility index (Phi) is 6.83. The minimum Gasteiger partial charge on any atom is -0.492 e. The molecule has 4 rings (SSSR count). The summed E-state index contributed by atoms with van der Waals surface area (Å²) in [7, 11) is 0. The van der Waals surface area contributed by atoms with Crippen molar-refractivity contribution in [3.05, 3.63) is 114 Å². The number of ether oxygens (including phenoxy) is 2. The highest BCUT2D eigenvalue weighted by Crippen LogP contribution is 2.27. The molecule has 0 aliphatic heterocycles. The summed E-state index contributed by atoms with van der Waals surface area (Å²) in [6.45, 7) is 0.913. The molecule has 0 aromatic heterocycles. The molecule has 0 bridgehead atoms. The predicted octanol–water partition coefficient (Wildman–Crippen LogP) is 6.14. The van der Waals surface area contributed by atoms with Crippen molar-refractivity contribution in [2.75, 3.05) is 6.61 Å². The van der Waals surface area contributed by atoms with Crippen LogP contribution in [0.4, 0.5) is 0 Å². The molecule has 4 heteroatoms. The number of carboxylic acids is 1. The SMILES string of the molecule is O=C(O)C=Cc1ccc(OCc2ccccc2)cc1OCCc1ccc2ccccc2c1. The molecule has 4 aromatic rings. The van der Waals surface area contributed by atoms with E-state index in [4.69, 9.17) is 14.6 Å². The second-order valence-corrected chi connectivity index (χ2v) is 7.43. The predicted molar refractivity (Wildman–Crippen MR) is 127 cm³/mol. The third-order valence-corrected chi connectivity index (χ3v) is 5.10. The van der Waals surface area contributed by atoms with E-state index in [1.807, 2.05) is 60.7 Å². The van der Waals surface area contributed by atoms with Crippen molar-refractivity contribution in [2.24, 2.45) is 0 Å². The van der Waals surface area contributed by atoms with Gasteiger partial charge in [-0.2, -0.15) is 0 Å². The largest absolute Gasteiger partial charge is 0.492 e. The van der Waals surface area contributed by atoms with Crippen LogP contribution >= 0.6 is 0 Å². The smallest absolute Gasteiger partial charge is 0.328 e. The summed E-state index contributed by atoms with van der Waals surface area (Å²) in [6, 6.07) is 30.0. The molecule has 0 heterocycles. The zero-order chi connectivity index (χ0) is 22.2. The lowest BCUT2D eigenvalue weighted by Gasteiger charge is -2.13. The standard InChI is InChI=1S/C28H24O4/c29-28(30)15-13-24-12-14-26(32-20-22-6-2-1-3-7-22)19-27(24)31-17-16-21-10-11-23-8-4-5-9-25(23)18-21/h1-15,18-19H,16-17,20H2,(H,29,30). The maximum atomic E-state index is 11.0. The highest BCUT2D eigenvalue weighted by molar-refractivity contribution is 5.86. The van der Waals surface area contributed by atoms with Crippen LogP contribution in [0.25, 0.3) is 16.8 Å². The summed E-state index contributed by atoms with van der Waals surface area (Å²) < 4.78 is 12.0.